The number of carboxylic acids is 1. The second-order valence-corrected chi connectivity index (χ2v) is 11.8. The number of carboxylic acid groups (broad SMARTS) is 1. The zero-order chi connectivity index (χ0) is 29.7. The van der Waals surface area contributed by atoms with Gasteiger partial charge < -0.3 is 20.0 Å². The fourth-order valence-electron chi connectivity index (χ4n) is 6.73. The highest BCUT2D eigenvalue weighted by Crippen LogP contribution is 2.44. The molecule has 5 aromatic rings. The minimum Gasteiger partial charge on any atom is -0.478 e. The molecule has 0 aliphatic heterocycles. The lowest BCUT2D eigenvalue weighted by atomic mass is 9.76. The molecule has 7 rings (SSSR count). The van der Waals surface area contributed by atoms with Crippen molar-refractivity contribution >= 4 is 53.2 Å². The first-order chi connectivity index (χ1) is 20.8. The van der Waals surface area contributed by atoms with E-state index in [1.54, 1.807) is 18.5 Å². The van der Waals surface area contributed by atoms with Crippen LogP contribution in [0.15, 0.2) is 54.9 Å². The smallest absolute Gasteiger partial charge is 0.328 e. The quantitative estimate of drug-likeness (QED) is 0.189. The molecule has 2 fully saturated rings. The molecular formula is C33H31BN6O3. The third-order valence-electron chi connectivity index (χ3n) is 9.09. The Hall–Kier alpha value is -4.73. The molecule has 0 unspecified atom stereocenters. The molecule has 0 atom stereocenters. The van der Waals surface area contributed by atoms with E-state index >= 15 is 0 Å². The molecule has 1 amide bonds. The number of fused-ring (bicyclic) bond motifs is 2. The third-order valence-corrected chi connectivity index (χ3v) is 9.09. The lowest BCUT2D eigenvalue weighted by Gasteiger charge is -2.40. The predicted molar refractivity (Wildman–Crippen MR) is 166 cm³/mol. The van der Waals surface area contributed by atoms with Gasteiger partial charge in [0.1, 0.15) is 13.7 Å². The van der Waals surface area contributed by atoms with Crippen LogP contribution in [0.5, 0.6) is 0 Å². The predicted octanol–water partition coefficient (Wildman–Crippen LogP) is 4.87. The third kappa shape index (κ3) is 4.80. The van der Waals surface area contributed by atoms with E-state index in [1.165, 1.54) is 18.4 Å². The summed E-state index contributed by atoms with van der Waals surface area (Å²) in [5.74, 6) is 0.625. The van der Waals surface area contributed by atoms with Gasteiger partial charge in [0.15, 0.2) is 5.82 Å². The number of carbonyl (C=O) groups excluding carboxylic acids is 1. The second kappa shape index (κ2) is 10.5. The Bertz CT molecular complexity index is 1910. The first-order valence-electron chi connectivity index (χ1n) is 14.8. The maximum Gasteiger partial charge on any atom is 0.328 e. The summed E-state index contributed by atoms with van der Waals surface area (Å²) >= 11 is 0. The normalized spacial score (nSPS) is 16.7. The van der Waals surface area contributed by atoms with Crippen LogP contribution in [0.4, 0.5) is 0 Å². The van der Waals surface area contributed by atoms with Gasteiger partial charge in [-0.25, -0.2) is 19.7 Å². The number of aromatic amines is 1. The van der Waals surface area contributed by atoms with E-state index in [-0.39, 0.29) is 5.91 Å². The minimum atomic E-state index is -1.00. The first-order valence-corrected chi connectivity index (χ1v) is 14.8. The van der Waals surface area contributed by atoms with Gasteiger partial charge in [0.25, 0.3) is 5.91 Å². The molecule has 0 saturated heterocycles. The fourth-order valence-corrected chi connectivity index (χ4v) is 6.73. The Morgan fingerprint density at radius 2 is 1.86 bits per heavy atom. The van der Waals surface area contributed by atoms with Crippen molar-refractivity contribution in [3.8, 4) is 11.5 Å². The van der Waals surface area contributed by atoms with E-state index in [0.717, 1.165) is 71.4 Å². The number of H-pyrrole nitrogens is 1. The van der Waals surface area contributed by atoms with Gasteiger partial charge in [0.2, 0.25) is 0 Å². The van der Waals surface area contributed by atoms with Gasteiger partial charge in [-0.2, -0.15) is 0 Å². The molecule has 3 heterocycles. The van der Waals surface area contributed by atoms with Gasteiger partial charge in [-0.1, -0.05) is 30.4 Å². The number of nitrogens with one attached hydrogen (secondary N) is 2. The number of nitrogens with zero attached hydrogens (tertiary/aromatic N) is 4. The number of aromatic nitrogens is 5. The van der Waals surface area contributed by atoms with Crippen molar-refractivity contribution in [2.75, 3.05) is 0 Å². The summed E-state index contributed by atoms with van der Waals surface area (Å²) in [5, 5.41) is 13.4. The van der Waals surface area contributed by atoms with Crippen LogP contribution < -0.4 is 10.8 Å². The van der Waals surface area contributed by atoms with Crippen molar-refractivity contribution < 1.29 is 14.7 Å². The van der Waals surface area contributed by atoms with Crippen molar-refractivity contribution in [2.45, 2.75) is 56.4 Å². The minimum absolute atomic E-state index is 0.152. The molecule has 0 bridgehead atoms. The zero-order valence-electron chi connectivity index (χ0n) is 23.9. The topological polar surface area (TPSA) is 126 Å². The average molecular weight is 570 g/mol. The maximum atomic E-state index is 13.8. The molecule has 2 aromatic carbocycles. The molecule has 0 spiro atoms. The Kier molecular flexibility index (Phi) is 6.64. The van der Waals surface area contributed by atoms with E-state index in [2.05, 4.69) is 30.9 Å². The molecule has 3 N–H and O–H groups in total. The average Bonchev–Trinajstić information content (AvgIpc) is 3.72. The number of amides is 1. The number of imidazole rings is 1. The molecule has 43 heavy (non-hydrogen) atoms. The van der Waals surface area contributed by atoms with Crippen LogP contribution >= 0.6 is 0 Å². The summed E-state index contributed by atoms with van der Waals surface area (Å²) < 4.78 is 2.11. The Balaban J connectivity index is 1.22. The van der Waals surface area contributed by atoms with Crippen LogP contribution in [0, 0.1) is 0 Å². The largest absolute Gasteiger partial charge is 0.478 e. The molecule has 9 nitrogen and oxygen atoms in total. The van der Waals surface area contributed by atoms with E-state index in [4.69, 9.17) is 17.9 Å². The lowest BCUT2D eigenvalue weighted by molar-refractivity contribution is -0.131. The number of benzene rings is 2. The van der Waals surface area contributed by atoms with E-state index in [9.17, 15) is 9.59 Å². The molecular weight excluding hydrogens is 539 g/mol. The van der Waals surface area contributed by atoms with Crippen LogP contribution in [0.3, 0.4) is 0 Å². The van der Waals surface area contributed by atoms with Crippen molar-refractivity contribution in [1.82, 2.24) is 29.8 Å². The Morgan fingerprint density at radius 1 is 1.09 bits per heavy atom. The monoisotopic (exact) mass is 570 g/mol. The molecule has 214 valence electrons. The SMILES string of the molecule is [B]c1cnc(-c2c(C3CCCC3)c3ccc(C(=O)NC4(c5nc6ccc(/C=C/C(=O)O)cc6[nH]5)CCC4)cc3n2C)nc1. The van der Waals surface area contributed by atoms with Crippen molar-refractivity contribution in [3.63, 3.8) is 0 Å². The highest BCUT2D eigenvalue weighted by Gasteiger charge is 2.43. The van der Waals surface area contributed by atoms with Crippen LogP contribution in [0.1, 0.15) is 78.2 Å². The summed E-state index contributed by atoms with van der Waals surface area (Å²) in [4.78, 5) is 42.0. The molecule has 10 heteroatoms. The van der Waals surface area contributed by atoms with E-state index in [0.29, 0.717) is 28.6 Å². The maximum absolute atomic E-state index is 13.8. The number of aryl methyl sites for hydroxylation is 1. The summed E-state index contributed by atoms with van der Waals surface area (Å²) in [6, 6.07) is 11.5. The van der Waals surface area contributed by atoms with Crippen molar-refractivity contribution in [1.29, 1.82) is 0 Å². The van der Waals surface area contributed by atoms with E-state index < -0.39 is 11.5 Å². The van der Waals surface area contributed by atoms with Crippen LogP contribution in [-0.4, -0.2) is 49.3 Å². The van der Waals surface area contributed by atoms with Gasteiger partial charge in [0, 0.05) is 42.0 Å². The zero-order valence-corrected chi connectivity index (χ0v) is 23.9. The summed E-state index contributed by atoms with van der Waals surface area (Å²) in [7, 11) is 7.90. The van der Waals surface area contributed by atoms with Crippen LogP contribution in [-0.2, 0) is 17.4 Å². The number of hydrogen-bond donors (Lipinski definition) is 3. The number of hydrogen-bond acceptors (Lipinski definition) is 5. The second-order valence-electron chi connectivity index (χ2n) is 11.8. The standard InChI is InChI=1S/C33H31BN6O3/c1-40-26-16-21(9-10-23(26)28(20-5-2-3-6-20)29(40)30-35-17-22(34)18-36-30)31(43)39-33(13-4-14-33)32-37-24-11-7-19(8-12-27(41)42)15-25(24)38-32/h7-12,15-18,20H,2-6,13-14H2,1H3,(H,37,38)(H,39,43)(H,41,42)/b12-8+. The van der Waals surface area contributed by atoms with Gasteiger partial charge in [-0.05, 0) is 79.5 Å². The Morgan fingerprint density at radius 3 is 2.56 bits per heavy atom. The van der Waals surface area contributed by atoms with E-state index in [1.807, 2.05) is 37.4 Å². The van der Waals surface area contributed by atoms with Gasteiger partial charge in [-0.3, -0.25) is 4.79 Å². The highest BCUT2D eigenvalue weighted by atomic mass is 16.4. The van der Waals surface area contributed by atoms with Crippen LogP contribution in [0.2, 0.25) is 0 Å². The molecule has 2 radical (unpaired) electrons. The van der Waals surface area contributed by atoms with Crippen molar-refractivity contribution in [3.05, 3.63) is 77.4 Å². The Labute approximate surface area is 249 Å². The molecule has 2 aliphatic carbocycles. The first kappa shape index (κ1) is 27.1. The summed E-state index contributed by atoms with van der Waals surface area (Å²) in [6.45, 7) is 0. The number of aliphatic carboxylic acids is 1. The molecule has 2 saturated carbocycles. The van der Waals surface area contributed by atoms with Crippen LogP contribution in [0.25, 0.3) is 39.5 Å². The fraction of sp³-hybridized carbons (Fsp3) is 0.303. The van der Waals surface area contributed by atoms with Gasteiger partial charge >= 0.3 is 5.97 Å². The van der Waals surface area contributed by atoms with Gasteiger partial charge in [-0.15, -0.1) is 0 Å². The highest BCUT2D eigenvalue weighted by molar-refractivity contribution is 6.31. The number of carbonyl (C=O) groups is 2. The summed E-state index contributed by atoms with van der Waals surface area (Å²) in [5.41, 5.74) is 6.04. The van der Waals surface area contributed by atoms with Crippen molar-refractivity contribution in [2.24, 2.45) is 7.05 Å². The summed E-state index contributed by atoms with van der Waals surface area (Å²) in [6.07, 6.45) is 13.1. The number of rotatable bonds is 7. The molecule has 3 aromatic heterocycles. The molecule has 2 aliphatic rings. The lowest BCUT2D eigenvalue weighted by Crippen LogP contribution is -2.51. The van der Waals surface area contributed by atoms with Gasteiger partial charge in [0.05, 0.1) is 22.3 Å².